The average Bonchev–Trinajstić information content (AvgIpc) is 3.10. The molecule has 1 saturated heterocycles. The van der Waals surface area contributed by atoms with Crippen molar-refractivity contribution in [2.75, 3.05) is 0 Å². The first-order chi connectivity index (χ1) is 14.1. The quantitative estimate of drug-likeness (QED) is 0.680. The van der Waals surface area contributed by atoms with Gasteiger partial charge in [0.15, 0.2) is 0 Å². The number of fused-ring (bicyclic) bond motifs is 1. The van der Waals surface area contributed by atoms with E-state index in [2.05, 4.69) is 45.4 Å². The van der Waals surface area contributed by atoms with E-state index in [9.17, 15) is 9.59 Å². The zero-order chi connectivity index (χ0) is 20.4. The van der Waals surface area contributed by atoms with Crippen LogP contribution in [-0.2, 0) is 22.6 Å². The van der Waals surface area contributed by atoms with Gasteiger partial charge < -0.3 is 15.2 Å². The number of aryl methyl sites for hydroxylation is 1. The number of carbonyl (C=O) groups excluding carboxylic acids is 2. The lowest BCUT2D eigenvalue weighted by Gasteiger charge is -2.32. The molecule has 3 aromatic rings. The van der Waals surface area contributed by atoms with E-state index in [4.69, 9.17) is 0 Å². The topological polar surface area (TPSA) is 76.0 Å². The molecular formula is C23H26N4O2. The molecule has 0 saturated carbocycles. The van der Waals surface area contributed by atoms with Crippen molar-refractivity contribution in [3.63, 3.8) is 0 Å². The number of pyridine rings is 1. The molecule has 2 N–H and O–H groups in total. The monoisotopic (exact) mass is 390 g/mol. The second-order valence-electron chi connectivity index (χ2n) is 7.66. The summed E-state index contributed by atoms with van der Waals surface area (Å²) in [7, 11) is 0. The Morgan fingerprint density at radius 1 is 1.07 bits per heavy atom. The summed E-state index contributed by atoms with van der Waals surface area (Å²) in [4.78, 5) is 29.8. The predicted molar refractivity (Wildman–Crippen MR) is 112 cm³/mol. The lowest BCUT2D eigenvalue weighted by atomic mass is 9.90. The second-order valence-corrected chi connectivity index (χ2v) is 7.66. The van der Waals surface area contributed by atoms with Gasteiger partial charge in [-0.05, 0) is 30.2 Å². The van der Waals surface area contributed by atoms with Crippen LogP contribution in [0.4, 0.5) is 0 Å². The van der Waals surface area contributed by atoms with E-state index in [0.717, 1.165) is 35.1 Å². The van der Waals surface area contributed by atoms with E-state index in [-0.39, 0.29) is 17.7 Å². The van der Waals surface area contributed by atoms with E-state index in [1.807, 2.05) is 37.3 Å². The predicted octanol–water partition coefficient (Wildman–Crippen LogP) is 2.78. The first-order valence-corrected chi connectivity index (χ1v) is 10.2. The normalized spacial score (nSPS) is 20.3. The summed E-state index contributed by atoms with van der Waals surface area (Å²) in [5.74, 6) is -0.451. The Morgan fingerprint density at radius 3 is 2.62 bits per heavy atom. The maximum atomic E-state index is 12.9. The molecule has 150 valence electrons. The molecule has 0 spiro atoms. The summed E-state index contributed by atoms with van der Waals surface area (Å²) in [6, 6.07) is 12.6. The maximum Gasteiger partial charge on any atom is 0.243 e. The van der Waals surface area contributed by atoms with Gasteiger partial charge in [0.05, 0.1) is 0 Å². The molecule has 3 heterocycles. The molecule has 2 amide bonds. The molecule has 29 heavy (non-hydrogen) atoms. The number of aromatic nitrogens is 2. The molecule has 1 aliphatic rings. The SMILES string of the molecule is CCCn1cc([C@@H](C)[C@H]2NC(=O)[C@@H](Cc3ccccn3)NC2=O)c2ccccc21. The first-order valence-electron chi connectivity index (χ1n) is 10.2. The van der Waals surface area contributed by atoms with Gasteiger partial charge in [0, 0.05) is 47.9 Å². The van der Waals surface area contributed by atoms with E-state index < -0.39 is 12.1 Å². The van der Waals surface area contributed by atoms with Crippen molar-refractivity contribution in [1.29, 1.82) is 0 Å². The van der Waals surface area contributed by atoms with Crippen LogP contribution in [-0.4, -0.2) is 33.4 Å². The molecule has 1 fully saturated rings. The minimum Gasteiger partial charge on any atom is -0.347 e. The Hall–Kier alpha value is -3.15. The highest BCUT2D eigenvalue weighted by molar-refractivity contribution is 5.98. The van der Waals surface area contributed by atoms with Crippen molar-refractivity contribution in [2.24, 2.45) is 0 Å². The van der Waals surface area contributed by atoms with Crippen LogP contribution in [0.5, 0.6) is 0 Å². The van der Waals surface area contributed by atoms with Crippen LogP contribution < -0.4 is 10.6 Å². The van der Waals surface area contributed by atoms with Crippen molar-refractivity contribution in [1.82, 2.24) is 20.2 Å². The molecule has 0 aliphatic carbocycles. The van der Waals surface area contributed by atoms with E-state index in [1.54, 1.807) is 6.20 Å². The van der Waals surface area contributed by atoms with Crippen LogP contribution in [0.3, 0.4) is 0 Å². The molecule has 1 aliphatic heterocycles. The number of carbonyl (C=O) groups is 2. The first kappa shape index (κ1) is 19.2. The van der Waals surface area contributed by atoms with Gasteiger partial charge in [-0.1, -0.05) is 38.1 Å². The number of nitrogens with one attached hydrogen (secondary N) is 2. The minimum absolute atomic E-state index is 0.141. The zero-order valence-electron chi connectivity index (χ0n) is 16.8. The summed E-state index contributed by atoms with van der Waals surface area (Å²) in [5.41, 5.74) is 3.02. The Morgan fingerprint density at radius 2 is 1.86 bits per heavy atom. The molecular weight excluding hydrogens is 364 g/mol. The summed E-state index contributed by atoms with van der Waals surface area (Å²) >= 11 is 0. The summed E-state index contributed by atoms with van der Waals surface area (Å²) in [6.07, 6.45) is 5.23. The standard InChI is InChI=1S/C23H26N4O2/c1-3-12-27-14-18(17-9-4-5-10-20(17)27)15(2)21-23(29)25-19(22(28)26-21)13-16-8-6-7-11-24-16/h4-11,14-15,19,21H,3,12-13H2,1-2H3,(H,25,29)(H,26,28)/t15-,19-,21-/m1/s1. The molecule has 3 atom stereocenters. The molecule has 0 bridgehead atoms. The lowest BCUT2D eigenvalue weighted by molar-refractivity contribution is -0.137. The summed E-state index contributed by atoms with van der Waals surface area (Å²) in [6.45, 7) is 5.07. The molecule has 4 rings (SSSR count). The van der Waals surface area contributed by atoms with Gasteiger partial charge in [0.1, 0.15) is 12.1 Å². The fourth-order valence-electron chi connectivity index (χ4n) is 4.11. The number of nitrogens with zero attached hydrogens (tertiary/aromatic N) is 2. The van der Waals surface area contributed by atoms with Crippen LogP contribution >= 0.6 is 0 Å². The number of para-hydroxylation sites is 1. The Balaban J connectivity index is 1.56. The average molecular weight is 390 g/mol. The minimum atomic E-state index is -0.595. The highest BCUT2D eigenvalue weighted by Crippen LogP contribution is 2.31. The molecule has 1 aromatic carbocycles. The third kappa shape index (κ3) is 3.75. The Bertz CT molecular complexity index is 1030. The summed E-state index contributed by atoms with van der Waals surface area (Å²) in [5, 5.41) is 6.98. The van der Waals surface area contributed by atoms with Gasteiger partial charge in [-0.15, -0.1) is 0 Å². The van der Waals surface area contributed by atoms with Gasteiger partial charge in [0.25, 0.3) is 0 Å². The smallest absolute Gasteiger partial charge is 0.243 e. The van der Waals surface area contributed by atoms with E-state index in [1.165, 1.54) is 0 Å². The molecule has 6 nitrogen and oxygen atoms in total. The maximum absolute atomic E-state index is 12.9. The van der Waals surface area contributed by atoms with Crippen LogP contribution in [0.25, 0.3) is 10.9 Å². The van der Waals surface area contributed by atoms with E-state index in [0.29, 0.717) is 6.42 Å². The largest absolute Gasteiger partial charge is 0.347 e. The van der Waals surface area contributed by atoms with E-state index >= 15 is 0 Å². The number of amides is 2. The van der Waals surface area contributed by atoms with Crippen LogP contribution in [0.2, 0.25) is 0 Å². The third-order valence-electron chi connectivity index (χ3n) is 5.63. The van der Waals surface area contributed by atoms with Crippen molar-refractivity contribution < 1.29 is 9.59 Å². The second kappa shape index (κ2) is 8.07. The van der Waals surface area contributed by atoms with Gasteiger partial charge in [-0.3, -0.25) is 14.6 Å². The highest BCUT2D eigenvalue weighted by Gasteiger charge is 2.38. The van der Waals surface area contributed by atoms with Gasteiger partial charge >= 0.3 is 0 Å². The number of benzene rings is 1. The van der Waals surface area contributed by atoms with Crippen LogP contribution in [0.15, 0.2) is 54.9 Å². The number of hydrogen-bond acceptors (Lipinski definition) is 3. The lowest BCUT2D eigenvalue weighted by Crippen LogP contribution is -2.63. The zero-order valence-corrected chi connectivity index (χ0v) is 16.8. The third-order valence-corrected chi connectivity index (χ3v) is 5.63. The van der Waals surface area contributed by atoms with Gasteiger partial charge in [-0.2, -0.15) is 0 Å². The van der Waals surface area contributed by atoms with Crippen molar-refractivity contribution in [2.45, 2.75) is 51.2 Å². The van der Waals surface area contributed by atoms with Crippen molar-refractivity contribution >= 4 is 22.7 Å². The number of piperazine rings is 1. The highest BCUT2D eigenvalue weighted by atomic mass is 16.2. The molecule has 0 unspecified atom stereocenters. The Kier molecular flexibility index (Phi) is 5.34. The van der Waals surface area contributed by atoms with Crippen molar-refractivity contribution in [3.8, 4) is 0 Å². The molecule has 0 radical (unpaired) electrons. The number of hydrogen-bond donors (Lipinski definition) is 2. The summed E-state index contributed by atoms with van der Waals surface area (Å²) < 4.78 is 2.23. The fourth-order valence-corrected chi connectivity index (χ4v) is 4.11. The van der Waals surface area contributed by atoms with Crippen LogP contribution in [0, 0.1) is 0 Å². The van der Waals surface area contributed by atoms with Crippen LogP contribution in [0.1, 0.15) is 37.4 Å². The molecule has 2 aromatic heterocycles. The van der Waals surface area contributed by atoms with Crippen molar-refractivity contribution in [3.05, 3.63) is 66.1 Å². The van der Waals surface area contributed by atoms with Gasteiger partial charge in [-0.25, -0.2) is 0 Å². The number of rotatable bonds is 6. The Labute approximate surface area is 170 Å². The van der Waals surface area contributed by atoms with Gasteiger partial charge in [0.2, 0.25) is 11.8 Å². The fraction of sp³-hybridized carbons (Fsp3) is 0.348. The molecule has 6 heteroatoms.